The zero-order valence-corrected chi connectivity index (χ0v) is 17.0. The summed E-state index contributed by atoms with van der Waals surface area (Å²) in [5, 5.41) is 8.87. The van der Waals surface area contributed by atoms with Gasteiger partial charge in [-0.1, -0.05) is 25.6 Å². The van der Waals surface area contributed by atoms with Gasteiger partial charge in [-0.25, -0.2) is 4.98 Å². The molecule has 8 heteroatoms. The first-order valence-corrected chi connectivity index (χ1v) is 10.7. The van der Waals surface area contributed by atoms with Crippen LogP contribution in [-0.2, 0) is 4.79 Å². The highest BCUT2D eigenvalue weighted by molar-refractivity contribution is 8.00. The molecule has 0 aromatic carbocycles. The Balaban J connectivity index is 1.61. The molecule has 0 aliphatic carbocycles. The van der Waals surface area contributed by atoms with Crippen molar-refractivity contribution in [2.75, 3.05) is 32.4 Å². The average molecular weight is 384 g/mol. The Morgan fingerprint density at radius 2 is 2.24 bits per heavy atom. The van der Waals surface area contributed by atoms with Crippen LogP contribution in [0.2, 0.25) is 0 Å². The normalized spacial score (nSPS) is 16.3. The molecule has 1 fully saturated rings. The molecule has 6 nitrogen and oxygen atoms in total. The van der Waals surface area contributed by atoms with Gasteiger partial charge in [-0.2, -0.15) is 0 Å². The van der Waals surface area contributed by atoms with Gasteiger partial charge in [0.05, 0.1) is 0 Å². The number of guanidine groups is 1. The van der Waals surface area contributed by atoms with E-state index < -0.39 is 0 Å². The number of amides is 1. The van der Waals surface area contributed by atoms with Gasteiger partial charge in [0.15, 0.2) is 5.96 Å². The number of likely N-dealkylation sites (tertiary alicyclic amines) is 1. The lowest BCUT2D eigenvalue weighted by Crippen LogP contribution is -2.50. The highest BCUT2D eigenvalue weighted by atomic mass is 32.2. The summed E-state index contributed by atoms with van der Waals surface area (Å²) in [7, 11) is 1.80. The van der Waals surface area contributed by atoms with Gasteiger partial charge in [0, 0.05) is 56.0 Å². The third kappa shape index (κ3) is 6.86. The van der Waals surface area contributed by atoms with Gasteiger partial charge in [-0.3, -0.25) is 9.79 Å². The fraction of sp³-hybridized carbons (Fsp3) is 0.706. The van der Waals surface area contributed by atoms with Gasteiger partial charge in [0.2, 0.25) is 5.91 Å². The van der Waals surface area contributed by atoms with E-state index in [1.54, 1.807) is 30.1 Å². The maximum absolute atomic E-state index is 12.0. The summed E-state index contributed by atoms with van der Waals surface area (Å²) in [6.07, 6.45) is 4.85. The smallest absolute Gasteiger partial charge is 0.225 e. The summed E-state index contributed by atoms with van der Waals surface area (Å²) in [4.78, 5) is 22.6. The molecule has 0 spiro atoms. The highest BCUT2D eigenvalue weighted by Crippen LogP contribution is 2.20. The van der Waals surface area contributed by atoms with Gasteiger partial charge in [0.1, 0.15) is 4.34 Å². The van der Waals surface area contributed by atoms with Gasteiger partial charge in [-0.15, -0.1) is 11.3 Å². The van der Waals surface area contributed by atoms with Crippen molar-refractivity contribution in [3.8, 4) is 0 Å². The van der Waals surface area contributed by atoms with E-state index in [0.29, 0.717) is 6.04 Å². The van der Waals surface area contributed by atoms with E-state index >= 15 is 0 Å². The van der Waals surface area contributed by atoms with Gasteiger partial charge < -0.3 is 15.5 Å². The van der Waals surface area contributed by atoms with E-state index in [1.165, 1.54) is 0 Å². The molecule has 1 saturated heterocycles. The molecule has 2 N–H and O–H groups in total. The summed E-state index contributed by atoms with van der Waals surface area (Å²) < 4.78 is 1.13. The molecule has 0 atom stereocenters. The van der Waals surface area contributed by atoms with Crippen LogP contribution in [0.15, 0.2) is 20.9 Å². The molecular weight excluding hydrogens is 354 g/mol. The lowest BCUT2D eigenvalue weighted by Gasteiger charge is -2.34. The number of aliphatic imine (C=N–C) groups is 1. The lowest BCUT2D eigenvalue weighted by atomic mass is 10.0. The lowest BCUT2D eigenvalue weighted by molar-refractivity contribution is -0.135. The number of carbonyl (C=O) groups excluding carboxylic acids is 1. The van der Waals surface area contributed by atoms with Crippen molar-refractivity contribution in [2.45, 2.75) is 43.5 Å². The minimum absolute atomic E-state index is 0.0844. The number of nitrogens with one attached hydrogen (secondary N) is 2. The third-order valence-electron chi connectivity index (χ3n) is 4.11. The fourth-order valence-corrected chi connectivity index (χ4v) is 4.36. The zero-order valence-electron chi connectivity index (χ0n) is 15.3. The molecule has 1 aromatic rings. The molecule has 2 heterocycles. The van der Waals surface area contributed by atoms with Crippen LogP contribution in [-0.4, -0.2) is 60.2 Å². The Labute approximate surface area is 158 Å². The number of thiazole rings is 1. The maximum atomic E-state index is 12.0. The van der Waals surface area contributed by atoms with Crippen molar-refractivity contribution in [1.82, 2.24) is 20.5 Å². The molecule has 0 unspecified atom stereocenters. The predicted octanol–water partition coefficient (Wildman–Crippen LogP) is 2.44. The molecule has 2 rings (SSSR count). The largest absolute Gasteiger partial charge is 0.356 e. The van der Waals surface area contributed by atoms with Crippen LogP contribution in [0.4, 0.5) is 0 Å². The first-order valence-electron chi connectivity index (χ1n) is 8.88. The minimum Gasteiger partial charge on any atom is -0.356 e. The minimum atomic E-state index is 0.0844. The van der Waals surface area contributed by atoms with E-state index in [-0.39, 0.29) is 11.8 Å². The van der Waals surface area contributed by atoms with Crippen molar-refractivity contribution in [1.29, 1.82) is 0 Å². The monoisotopic (exact) mass is 383 g/mol. The summed E-state index contributed by atoms with van der Waals surface area (Å²) in [5.41, 5.74) is 0. The van der Waals surface area contributed by atoms with Crippen LogP contribution in [0.25, 0.3) is 0 Å². The van der Waals surface area contributed by atoms with Crippen LogP contribution in [0.3, 0.4) is 0 Å². The van der Waals surface area contributed by atoms with Crippen molar-refractivity contribution >= 4 is 35.0 Å². The number of thioether (sulfide) groups is 1. The molecule has 140 valence electrons. The second kappa shape index (κ2) is 10.7. The standard InChI is InChI=1S/C17H29N5OS2/c1-13(2)15(23)22-9-5-14(6-10-22)21-16(18-3)19-7-4-11-24-17-20-8-12-25-17/h8,12-14H,4-7,9-11H2,1-3H3,(H2,18,19,21). The van der Waals surface area contributed by atoms with Crippen LogP contribution in [0.5, 0.6) is 0 Å². The quantitative estimate of drug-likeness (QED) is 0.328. The van der Waals surface area contributed by atoms with E-state index in [1.807, 2.05) is 30.3 Å². The molecule has 0 saturated carbocycles. The number of nitrogens with zero attached hydrogens (tertiary/aromatic N) is 3. The first-order chi connectivity index (χ1) is 12.1. The Kier molecular flexibility index (Phi) is 8.54. The summed E-state index contributed by atoms with van der Waals surface area (Å²) in [6.45, 7) is 6.48. The Morgan fingerprint density at radius 1 is 1.48 bits per heavy atom. The number of piperidine rings is 1. The summed E-state index contributed by atoms with van der Waals surface area (Å²) in [6, 6.07) is 0.382. The van der Waals surface area contributed by atoms with Crippen molar-refractivity contribution in [2.24, 2.45) is 10.9 Å². The van der Waals surface area contributed by atoms with E-state index in [4.69, 9.17) is 0 Å². The van der Waals surface area contributed by atoms with Crippen molar-refractivity contribution in [3.63, 3.8) is 0 Å². The van der Waals surface area contributed by atoms with Gasteiger partial charge in [0.25, 0.3) is 0 Å². The molecular formula is C17H29N5OS2. The van der Waals surface area contributed by atoms with Crippen LogP contribution in [0, 0.1) is 5.92 Å². The first kappa shape index (κ1) is 20.0. The van der Waals surface area contributed by atoms with E-state index in [0.717, 1.165) is 54.9 Å². The Hall–Kier alpha value is -1.28. The highest BCUT2D eigenvalue weighted by Gasteiger charge is 2.24. The molecule has 1 amide bonds. The summed E-state index contributed by atoms with van der Waals surface area (Å²) >= 11 is 3.48. The van der Waals surface area contributed by atoms with E-state index in [2.05, 4.69) is 20.6 Å². The SMILES string of the molecule is CN=C(NCCCSc1nccs1)NC1CCN(C(=O)C(C)C)CC1. The fourth-order valence-electron chi connectivity index (χ4n) is 2.72. The van der Waals surface area contributed by atoms with Crippen molar-refractivity contribution in [3.05, 3.63) is 11.6 Å². The predicted molar refractivity (Wildman–Crippen MR) is 106 cm³/mol. The number of hydrogen-bond acceptors (Lipinski definition) is 5. The number of carbonyl (C=O) groups is 1. The Morgan fingerprint density at radius 3 is 2.84 bits per heavy atom. The third-order valence-corrected chi connectivity index (χ3v) is 6.17. The topological polar surface area (TPSA) is 69.6 Å². The number of aromatic nitrogens is 1. The van der Waals surface area contributed by atoms with Crippen molar-refractivity contribution < 1.29 is 4.79 Å². The maximum Gasteiger partial charge on any atom is 0.225 e. The second-order valence-corrected chi connectivity index (χ2v) is 8.63. The van der Waals surface area contributed by atoms with Crippen LogP contribution in [0.1, 0.15) is 33.1 Å². The van der Waals surface area contributed by atoms with Gasteiger partial charge >= 0.3 is 0 Å². The number of rotatable bonds is 7. The van der Waals surface area contributed by atoms with Crippen LogP contribution < -0.4 is 10.6 Å². The summed E-state index contributed by atoms with van der Waals surface area (Å²) in [5.74, 6) is 2.25. The number of hydrogen-bond donors (Lipinski definition) is 2. The molecule has 1 aliphatic heterocycles. The molecule has 0 radical (unpaired) electrons. The van der Waals surface area contributed by atoms with Gasteiger partial charge in [-0.05, 0) is 19.3 Å². The van der Waals surface area contributed by atoms with E-state index in [9.17, 15) is 4.79 Å². The molecule has 0 bridgehead atoms. The molecule has 1 aliphatic rings. The molecule has 1 aromatic heterocycles. The molecule has 25 heavy (non-hydrogen) atoms. The zero-order chi connectivity index (χ0) is 18.1. The average Bonchev–Trinajstić information content (AvgIpc) is 3.13. The van der Waals surface area contributed by atoms with Crippen LogP contribution >= 0.6 is 23.1 Å². The second-order valence-electron chi connectivity index (χ2n) is 6.40. The Bertz CT molecular complexity index is 539.